The molecule has 0 bridgehead atoms. The molecule has 0 saturated carbocycles. The molecule has 0 spiro atoms. The maximum atomic E-state index is 12.6. The monoisotopic (exact) mass is 284 g/mol. The molecule has 1 rings (SSSR count). The van der Waals surface area contributed by atoms with Crippen LogP contribution in [0.15, 0.2) is 0 Å². The maximum absolute atomic E-state index is 12.6. The third-order valence-corrected chi connectivity index (χ3v) is 4.02. The molecule has 1 heterocycles. The van der Waals surface area contributed by atoms with E-state index in [0.29, 0.717) is 19.6 Å². The van der Waals surface area contributed by atoms with E-state index < -0.39 is 11.6 Å². The second-order valence-electron chi connectivity index (χ2n) is 6.23. The van der Waals surface area contributed by atoms with Crippen LogP contribution < -0.4 is 5.32 Å². The van der Waals surface area contributed by atoms with Crippen molar-refractivity contribution in [3.63, 3.8) is 0 Å². The maximum Gasteiger partial charge on any atom is 0.246 e. The van der Waals surface area contributed by atoms with Crippen LogP contribution in [0.2, 0.25) is 0 Å². The summed E-state index contributed by atoms with van der Waals surface area (Å²) in [6, 6.07) is -0.429. The summed E-state index contributed by atoms with van der Waals surface area (Å²) in [4.78, 5) is 26.7. The van der Waals surface area contributed by atoms with Crippen molar-refractivity contribution >= 4 is 11.8 Å². The lowest BCUT2D eigenvalue weighted by atomic mass is 9.88. The third kappa shape index (κ3) is 3.32. The van der Waals surface area contributed by atoms with Crippen LogP contribution in [0.3, 0.4) is 0 Å². The average molecular weight is 284 g/mol. The fraction of sp³-hybridized carbons (Fsp3) is 0.867. The van der Waals surface area contributed by atoms with Crippen LogP contribution in [0.1, 0.15) is 48.0 Å². The summed E-state index contributed by atoms with van der Waals surface area (Å²) in [6.07, 6.45) is 0.717. The Bertz CT molecular complexity index is 368. The van der Waals surface area contributed by atoms with E-state index >= 15 is 0 Å². The van der Waals surface area contributed by atoms with E-state index in [0.717, 1.165) is 0 Å². The van der Waals surface area contributed by atoms with Crippen molar-refractivity contribution in [2.45, 2.75) is 65.6 Å². The molecular formula is C15H28N2O3. The molecule has 5 nitrogen and oxygen atoms in total. The van der Waals surface area contributed by atoms with Crippen molar-refractivity contribution in [1.82, 2.24) is 10.2 Å². The van der Waals surface area contributed by atoms with Gasteiger partial charge in [-0.25, -0.2) is 0 Å². The zero-order valence-corrected chi connectivity index (χ0v) is 13.5. The van der Waals surface area contributed by atoms with Gasteiger partial charge in [-0.3, -0.25) is 9.59 Å². The molecule has 2 unspecified atom stereocenters. The summed E-state index contributed by atoms with van der Waals surface area (Å²) in [5, 5.41) is 2.87. The second-order valence-corrected chi connectivity index (χ2v) is 6.23. The summed E-state index contributed by atoms with van der Waals surface area (Å²) >= 11 is 0. The zero-order valence-electron chi connectivity index (χ0n) is 13.5. The van der Waals surface area contributed by atoms with Crippen molar-refractivity contribution in [3.05, 3.63) is 0 Å². The molecule has 0 aliphatic carbocycles. The van der Waals surface area contributed by atoms with Gasteiger partial charge >= 0.3 is 0 Å². The van der Waals surface area contributed by atoms with Crippen LogP contribution in [0.25, 0.3) is 0 Å². The molecule has 1 aliphatic heterocycles. The molecule has 5 heteroatoms. The molecule has 2 amide bonds. The topological polar surface area (TPSA) is 58.6 Å². The number of hydrogen-bond acceptors (Lipinski definition) is 3. The van der Waals surface area contributed by atoms with Crippen molar-refractivity contribution in [2.75, 3.05) is 13.2 Å². The fourth-order valence-electron chi connectivity index (χ4n) is 2.43. The standard InChI is InChI=1S/C15H28N2O3/c1-7-15(6)14(19)16-12(10(2)3)13(18)17(15)8-9-20-11(4)5/h10-12H,7-9H2,1-6H3,(H,16,19). The van der Waals surface area contributed by atoms with Gasteiger partial charge in [-0.2, -0.15) is 0 Å². The van der Waals surface area contributed by atoms with Crippen LogP contribution in [0, 0.1) is 5.92 Å². The van der Waals surface area contributed by atoms with Crippen LogP contribution in [-0.4, -0.2) is 47.6 Å². The highest BCUT2D eigenvalue weighted by Gasteiger charge is 2.48. The van der Waals surface area contributed by atoms with E-state index in [1.54, 1.807) is 4.90 Å². The Morgan fingerprint density at radius 3 is 2.35 bits per heavy atom. The minimum absolute atomic E-state index is 0.00342. The van der Waals surface area contributed by atoms with Gasteiger partial charge in [0, 0.05) is 6.54 Å². The van der Waals surface area contributed by atoms with Gasteiger partial charge in [0.2, 0.25) is 11.8 Å². The molecule has 0 aromatic rings. The number of piperazine rings is 1. The normalized spacial score (nSPS) is 27.4. The van der Waals surface area contributed by atoms with Gasteiger partial charge in [-0.1, -0.05) is 20.8 Å². The predicted molar refractivity (Wildman–Crippen MR) is 78.3 cm³/mol. The molecule has 20 heavy (non-hydrogen) atoms. The molecule has 0 aromatic heterocycles. The van der Waals surface area contributed by atoms with Gasteiger partial charge in [-0.05, 0) is 33.1 Å². The Hall–Kier alpha value is -1.10. The molecule has 1 aliphatic rings. The molecule has 0 aromatic carbocycles. The summed E-state index contributed by atoms with van der Waals surface area (Å²) in [6.45, 7) is 12.5. The first-order valence-corrected chi connectivity index (χ1v) is 7.48. The average Bonchev–Trinajstić information content (AvgIpc) is 2.37. The number of carbonyl (C=O) groups excluding carboxylic acids is 2. The van der Waals surface area contributed by atoms with Crippen LogP contribution in [-0.2, 0) is 14.3 Å². The molecule has 0 radical (unpaired) electrons. The third-order valence-electron chi connectivity index (χ3n) is 4.02. The molecular weight excluding hydrogens is 256 g/mol. The van der Waals surface area contributed by atoms with Gasteiger partial charge in [0.25, 0.3) is 0 Å². The summed E-state index contributed by atoms with van der Waals surface area (Å²) < 4.78 is 5.54. The molecule has 1 saturated heterocycles. The highest BCUT2D eigenvalue weighted by atomic mass is 16.5. The quantitative estimate of drug-likeness (QED) is 0.805. The number of amides is 2. The summed E-state index contributed by atoms with van der Waals surface area (Å²) in [5.74, 6) is 0.0144. The number of hydrogen-bond donors (Lipinski definition) is 1. The van der Waals surface area contributed by atoms with Gasteiger partial charge in [0.1, 0.15) is 11.6 Å². The van der Waals surface area contributed by atoms with E-state index in [1.807, 2.05) is 41.5 Å². The van der Waals surface area contributed by atoms with Gasteiger partial charge in [-0.15, -0.1) is 0 Å². The van der Waals surface area contributed by atoms with E-state index in [-0.39, 0.29) is 23.8 Å². The van der Waals surface area contributed by atoms with Crippen LogP contribution >= 0.6 is 0 Å². The number of rotatable bonds is 6. The van der Waals surface area contributed by atoms with E-state index in [2.05, 4.69) is 5.32 Å². The zero-order chi connectivity index (χ0) is 15.5. The van der Waals surface area contributed by atoms with Crippen LogP contribution in [0.5, 0.6) is 0 Å². The number of carbonyl (C=O) groups is 2. The Morgan fingerprint density at radius 1 is 1.30 bits per heavy atom. The van der Waals surface area contributed by atoms with Gasteiger partial charge in [0.05, 0.1) is 12.7 Å². The molecule has 1 N–H and O–H groups in total. The first-order chi connectivity index (χ1) is 9.24. The molecule has 2 atom stereocenters. The first kappa shape index (κ1) is 17.0. The van der Waals surface area contributed by atoms with Crippen molar-refractivity contribution < 1.29 is 14.3 Å². The first-order valence-electron chi connectivity index (χ1n) is 7.48. The highest BCUT2D eigenvalue weighted by molar-refractivity contribution is 5.99. The second kappa shape index (κ2) is 6.57. The van der Waals surface area contributed by atoms with Gasteiger partial charge in [0.15, 0.2) is 0 Å². The smallest absolute Gasteiger partial charge is 0.246 e. The lowest BCUT2D eigenvalue weighted by Gasteiger charge is -2.46. The summed E-state index contributed by atoms with van der Waals surface area (Å²) in [7, 11) is 0. The molecule has 1 fully saturated rings. The van der Waals surface area contributed by atoms with E-state index in [1.165, 1.54) is 0 Å². The van der Waals surface area contributed by atoms with Crippen molar-refractivity contribution in [3.8, 4) is 0 Å². The Labute approximate surface area is 122 Å². The number of nitrogens with one attached hydrogen (secondary N) is 1. The van der Waals surface area contributed by atoms with Crippen LogP contribution in [0.4, 0.5) is 0 Å². The van der Waals surface area contributed by atoms with Crippen molar-refractivity contribution in [2.24, 2.45) is 5.92 Å². The largest absolute Gasteiger partial charge is 0.377 e. The Balaban J connectivity index is 2.91. The number of nitrogens with zero attached hydrogens (tertiary/aromatic N) is 1. The van der Waals surface area contributed by atoms with E-state index in [4.69, 9.17) is 4.74 Å². The van der Waals surface area contributed by atoms with E-state index in [9.17, 15) is 9.59 Å². The summed E-state index contributed by atoms with van der Waals surface area (Å²) in [5.41, 5.74) is -0.775. The Kier molecular flexibility index (Phi) is 5.57. The Morgan fingerprint density at radius 2 is 1.90 bits per heavy atom. The van der Waals surface area contributed by atoms with Crippen molar-refractivity contribution in [1.29, 1.82) is 0 Å². The SMILES string of the molecule is CCC1(C)C(=O)NC(C(C)C)C(=O)N1CCOC(C)C. The minimum Gasteiger partial charge on any atom is -0.377 e. The minimum atomic E-state index is -0.775. The predicted octanol–water partition coefficient (Wildman–Crippen LogP) is 1.56. The lowest BCUT2D eigenvalue weighted by molar-refractivity contribution is -0.159. The highest BCUT2D eigenvalue weighted by Crippen LogP contribution is 2.26. The van der Waals surface area contributed by atoms with Gasteiger partial charge < -0.3 is 15.0 Å². The molecule has 116 valence electrons. The fourth-order valence-corrected chi connectivity index (χ4v) is 2.43. The lowest BCUT2D eigenvalue weighted by Crippen LogP contribution is -2.70. The number of ether oxygens (including phenoxy) is 1.